The highest BCUT2D eigenvalue weighted by Crippen LogP contribution is 2.54. The Hall–Kier alpha value is -0.980. The standard InChI is InChI=1S/C13H14N2S/c14-9-11-2-1-3-12(8-11)16-15-7-6-13(10-15)4-5-13/h1-3,8H,4-7,10H2. The Morgan fingerprint density at radius 3 is 2.88 bits per heavy atom. The number of hydrogen-bond acceptors (Lipinski definition) is 3. The molecule has 3 rings (SSSR count). The molecule has 1 saturated carbocycles. The van der Waals surface area contributed by atoms with Crippen LogP contribution in [0.15, 0.2) is 29.2 Å². The van der Waals surface area contributed by atoms with E-state index in [0.717, 1.165) is 5.56 Å². The Morgan fingerprint density at radius 2 is 2.19 bits per heavy atom. The smallest absolute Gasteiger partial charge is 0.0992 e. The van der Waals surface area contributed by atoms with Crippen LogP contribution in [0.2, 0.25) is 0 Å². The topological polar surface area (TPSA) is 27.0 Å². The van der Waals surface area contributed by atoms with Gasteiger partial charge < -0.3 is 0 Å². The highest BCUT2D eigenvalue weighted by molar-refractivity contribution is 7.97. The molecule has 3 heteroatoms. The van der Waals surface area contributed by atoms with Crippen LogP contribution < -0.4 is 0 Å². The van der Waals surface area contributed by atoms with Gasteiger partial charge in [-0.3, -0.25) is 0 Å². The van der Waals surface area contributed by atoms with Crippen LogP contribution in [0.4, 0.5) is 0 Å². The van der Waals surface area contributed by atoms with E-state index in [1.165, 1.54) is 37.2 Å². The Bertz CT molecular complexity index is 445. The lowest BCUT2D eigenvalue weighted by Gasteiger charge is -2.14. The third kappa shape index (κ3) is 1.95. The minimum absolute atomic E-state index is 0.680. The van der Waals surface area contributed by atoms with Crippen molar-refractivity contribution >= 4 is 11.9 Å². The maximum absolute atomic E-state index is 8.84. The zero-order valence-electron chi connectivity index (χ0n) is 9.15. The summed E-state index contributed by atoms with van der Waals surface area (Å²) in [5.41, 5.74) is 1.44. The average Bonchev–Trinajstić information content (AvgIpc) is 2.94. The molecule has 1 aromatic rings. The lowest BCUT2D eigenvalue weighted by Crippen LogP contribution is -2.11. The third-order valence-corrected chi connectivity index (χ3v) is 4.59. The van der Waals surface area contributed by atoms with Crippen molar-refractivity contribution in [2.45, 2.75) is 24.2 Å². The van der Waals surface area contributed by atoms with Crippen LogP contribution >= 0.6 is 11.9 Å². The number of nitriles is 1. The van der Waals surface area contributed by atoms with Gasteiger partial charge in [-0.1, -0.05) is 6.07 Å². The molecular weight excluding hydrogens is 216 g/mol. The molecular formula is C13H14N2S. The molecule has 1 aliphatic carbocycles. The van der Waals surface area contributed by atoms with Gasteiger partial charge in [0.15, 0.2) is 0 Å². The molecule has 2 fully saturated rings. The van der Waals surface area contributed by atoms with E-state index in [4.69, 9.17) is 5.26 Å². The number of hydrogen-bond donors (Lipinski definition) is 0. The summed E-state index contributed by atoms with van der Waals surface area (Å²) in [7, 11) is 0. The lowest BCUT2D eigenvalue weighted by atomic mass is 10.1. The van der Waals surface area contributed by atoms with Crippen LogP contribution in [-0.4, -0.2) is 17.4 Å². The molecule has 0 atom stereocenters. The van der Waals surface area contributed by atoms with Crippen LogP contribution in [0.5, 0.6) is 0 Å². The van der Waals surface area contributed by atoms with Crippen molar-refractivity contribution in [1.82, 2.24) is 4.31 Å². The molecule has 1 spiro atoms. The summed E-state index contributed by atoms with van der Waals surface area (Å²) in [5.74, 6) is 0. The number of benzene rings is 1. The fraction of sp³-hybridized carbons (Fsp3) is 0.462. The van der Waals surface area contributed by atoms with Crippen LogP contribution in [0.1, 0.15) is 24.8 Å². The first-order chi connectivity index (χ1) is 7.80. The first kappa shape index (κ1) is 10.2. The Morgan fingerprint density at radius 1 is 1.31 bits per heavy atom. The summed E-state index contributed by atoms with van der Waals surface area (Å²) >= 11 is 1.81. The molecule has 1 saturated heterocycles. The molecule has 0 amide bonds. The van der Waals surface area contributed by atoms with E-state index in [2.05, 4.69) is 16.4 Å². The predicted octanol–water partition coefficient (Wildman–Crippen LogP) is 3.05. The maximum atomic E-state index is 8.84. The van der Waals surface area contributed by atoms with Gasteiger partial charge in [0.25, 0.3) is 0 Å². The highest BCUT2D eigenvalue weighted by atomic mass is 32.2. The SMILES string of the molecule is N#Cc1cccc(SN2CCC3(CC3)C2)c1. The van der Waals surface area contributed by atoms with E-state index in [1.807, 2.05) is 18.2 Å². The van der Waals surface area contributed by atoms with Crippen molar-refractivity contribution in [2.75, 3.05) is 13.1 Å². The van der Waals surface area contributed by atoms with Crippen molar-refractivity contribution in [2.24, 2.45) is 5.41 Å². The Labute approximate surface area is 100 Å². The van der Waals surface area contributed by atoms with E-state index in [9.17, 15) is 0 Å². The van der Waals surface area contributed by atoms with Crippen LogP contribution in [-0.2, 0) is 0 Å². The summed E-state index contributed by atoms with van der Waals surface area (Å²) in [6.45, 7) is 2.43. The molecule has 2 nitrogen and oxygen atoms in total. The molecule has 1 aliphatic heterocycles. The first-order valence-corrected chi connectivity index (χ1v) is 6.50. The summed E-state index contributed by atoms with van der Waals surface area (Å²) in [6, 6.07) is 10.1. The van der Waals surface area contributed by atoms with Crippen molar-refractivity contribution in [3.05, 3.63) is 29.8 Å². The molecule has 1 heterocycles. The zero-order valence-corrected chi connectivity index (χ0v) is 9.96. The van der Waals surface area contributed by atoms with Crippen LogP contribution in [0.3, 0.4) is 0 Å². The van der Waals surface area contributed by atoms with Crippen molar-refractivity contribution in [3.63, 3.8) is 0 Å². The molecule has 0 bridgehead atoms. The molecule has 1 aromatic carbocycles. The fourth-order valence-corrected chi connectivity index (χ4v) is 3.47. The van der Waals surface area contributed by atoms with E-state index in [-0.39, 0.29) is 0 Å². The molecule has 16 heavy (non-hydrogen) atoms. The van der Waals surface area contributed by atoms with Gasteiger partial charge in [0.1, 0.15) is 0 Å². The van der Waals surface area contributed by atoms with Gasteiger partial charge in [-0.2, -0.15) is 5.26 Å². The zero-order chi connectivity index (χ0) is 11.0. The normalized spacial score (nSPS) is 22.2. The van der Waals surface area contributed by atoms with Crippen molar-refractivity contribution in [1.29, 1.82) is 5.26 Å². The van der Waals surface area contributed by atoms with Gasteiger partial charge in [0.2, 0.25) is 0 Å². The van der Waals surface area contributed by atoms with Gasteiger partial charge >= 0.3 is 0 Å². The Kier molecular flexibility index (Phi) is 2.42. The second-order valence-electron chi connectivity index (χ2n) is 4.84. The summed E-state index contributed by atoms with van der Waals surface area (Å²) in [4.78, 5) is 1.19. The number of nitrogens with zero attached hydrogens (tertiary/aromatic N) is 2. The van der Waals surface area contributed by atoms with Gasteiger partial charge in [-0.15, -0.1) is 0 Å². The predicted molar refractivity (Wildman–Crippen MR) is 64.9 cm³/mol. The van der Waals surface area contributed by atoms with Crippen molar-refractivity contribution < 1.29 is 0 Å². The van der Waals surface area contributed by atoms with Crippen LogP contribution in [0, 0.1) is 16.7 Å². The van der Waals surface area contributed by atoms with Crippen molar-refractivity contribution in [3.8, 4) is 6.07 Å². The largest absolute Gasteiger partial charge is 0.246 e. The third-order valence-electron chi connectivity index (χ3n) is 3.56. The molecule has 0 radical (unpaired) electrons. The molecule has 0 unspecified atom stereocenters. The first-order valence-electron chi connectivity index (χ1n) is 5.73. The van der Waals surface area contributed by atoms with E-state index in [0.29, 0.717) is 5.41 Å². The summed E-state index contributed by atoms with van der Waals surface area (Å²) in [5, 5.41) is 8.84. The quantitative estimate of drug-likeness (QED) is 0.731. The minimum Gasteiger partial charge on any atom is -0.246 e. The van der Waals surface area contributed by atoms with Gasteiger partial charge in [0.05, 0.1) is 11.6 Å². The summed E-state index contributed by atoms with van der Waals surface area (Å²) < 4.78 is 2.45. The minimum atomic E-state index is 0.680. The van der Waals surface area contributed by atoms with Gasteiger partial charge in [0, 0.05) is 18.0 Å². The molecule has 0 aromatic heterocycles. The van der Waals surface area contributed by atoms with E-state index in [1.54, 1.807) is 11.9 Å². The molecule has 82 valence electrons. The highest BCUT2D eigenvalue weighted by Gasteiger charge is 2.47. The molecule has 0 N–H and O–H groups in total. The van der Waals surface area contributed by atoms with Gasteiger partial charge in [-0.25, -0.2) is 4.31 Å². The lowest BCUT2D eigenvalue weighted by molar-refractivity contribution is 0.511. The number of rotatable bonds is 2. The maximum Gasteiger partial charge on any atom is 0.0992 e. The second kappa shape index (κ2) is 3.80. The monoisotopic (exact) mass is 230 g/mol. The van der Waals surface area contributed by atoms with Crippen LogP contribution in [0.25, 0.3) is 0 Å². The van der Waals surface area contributed by atoms with Gasteiger partial charge in [-0.05, 0) is 54.8 Å². The molecule has 2 aliphatic rings. The second-order valence-corrected chi connectivity index (χ2v) is 6.01. The summed E-state index contributed by atoms with van der Waals surface area (Å²) in [6.07, 6.45) is 4.20. The average molecular weight is 230 g/mol. The van der Waals surface area contributed by atoms with E-state index < -0.39 is 0 Å². The Balaban J connectivity index is 1.68. The van der Waals surface area contributed by atoms with E-state index >= 15 is 0 Å². The fourth-order valence-electron chi connectivity index (χ4n) is 2.33.